The molecule has 8 nitrogen and oxygen atoms in total. The van der Waals surface area contributed by atoms with Crippen LogP contribution < -0.4 is 20.5 Å². The summed E-state index contributed by atoms with van der Waals surface area (Å²) in [6, 6.07) is 6.89. The van der Waals surface area contributed by atoms with E-state index >= 15 is 0 Å². The number of nitrogens with two attached hydrogens (primary N) is 1. The summed E-state index contributed by atoms with van der Waals surface area (Å²) >= 11 is 0. The second kappa shape index (κ2) is 7.25. The van der Waals surface area contributed by atoms with Crippen LogP contribution in [0, 0.1) is 0 Å². The first-order valence-electron chi connectivity index (χ1n) is 8.76. The Balaban J connectivity index is 1.78. The maximum atomic E-state index is 13.1. The Morgan fingerprint density at radius 2 is 1.73 bits per heavy atom. The number of hydrogen-bond acceptors (Lipinski definition) is 7. The molecular weight excluding hydrogens is 401 g/mol. The molecule has 0 atom stereocenters. The lowest BCUT2D eigenvalue weighted by molar-refractivity contribution is -0.137. The molecule has 0 bridgehead atoms. The monoisotopic (exact) mass is 418 g/mol. The van der Waals surface area contributed by atoms with Crippen molar-refractivity contribution in [2.75, 3.05) is 25.3 Å². The van der Waals surface area contributed by atoms with Gasteiger partial charge in [-0.05, 0) is 35.9 Å². The van der Waals surface area contributed by atoms with Crippen molar-refractivity contribution in [3.05, 3.63) is 47.8 Å². The number of halogens is 3. The van der Waals surface area contributed by atoms with Gasteiger partial charge in [-0.1, -0.05) is 0 Å². The van der Waals surface area contributed by atoms with Gasteiger partial charge in [-0.2, -0.15) is 17.7 Å². The minimum absolute atomic E-state index is 0.0279. The average molecular weight is 418 g/mol. The molecule has 0 unspecified atom stereocenters. The van der Waals surface area contributed by atoms with Gasteiger partial charge in [-0.3, -0.25) is 0 Å². The van der Waals surface area contributed by atoms with Crippen molar-refractivity contribution in [3.8, 4) is 11.5 Å². The predicted molar refractivity (Wildman–Crippen MR) is 105 cm³/mol. The van der Waals surface area contributed by atoms with Crippen molar-refractivity contribution in [1.29, 1.82) is 0 Å². The van der Waals surface area contributed by atoms with E-state index in [1.807, 2.05) is 0 Å². The number of ether oxygens (including phenoxy) is 2. The van der Waals surface area contributed by atoms with Crippen LogP contribution >= 0.6 is 0 Å². The van der Waals surface area contributed by atoms with Gasteiger partial charge in [-0.15, -0.1) is 15.3 Å². The summed E-state index contributed by atoms with van der Waals surface area (Å²) < 4.78 is 51.4. The second-order valence-electron chi connectivity index (χ2n) is 6.52. The summed E-state index contributed by atoms with van der Waals surface area (Å²) in [7, 11) is 3.02. The van der Waals surface area contributed by atoms with Crippen molar-refractivity contribution >= 4 is 27.9 Å². The van der Waals surface area contributed by atoms with Gasteiger partial charge in [0, 0.05) is 23.0 Å². The molecule has 2 aromatic heterocycles. The number of aromatic nitrogens is 4. The number of methoxy groups -OCH3 is 2. The molecule has 0 saturated heterocycles. The van der Waals surface area contributed by atoms with Gasteiger partial charge in [-0.25, -0.2) is 0 Å². The summed E-state index contributed by atoms with van der Waals surface area (Å²) in [6.07, 6.45) is -3.06. The first kappa shape index (κ1) is 19.6. The van der Waals surface area contributed by atoms with Crippen LogP contribution in [0.1, 0.15) is 11.1 Å². The first-order chi connectivity index (χ1) is 14.3. The Morgan fingerprint density at radius 3 is 2.40 bits per heavy atom. The molecular formula is C19H17F3N6O2. The van der Waals surface area contributed by atoms with E-state index in [4.69, 9.17) is 15.2 Å². The average Bonchev–Trinajstić information content (AvgIpc) is 3.18. The van der Waals surface area contributed by atoms with Gasteiger partial charge >= 0.3 is 6.18 Å². The highest BCUT2D eigenvalue weighted by Gasteiger charge is 2.31. The van der Waals surface area contributed by atoms with Crippen molar-refractivity contribution < 1.29 is 22.6 Å². The van der Waals surface area contributed by atoms with Crippen LogP contribution in [-0.4, -0.2) is 34.0 Å². The van der Waals surface area contributed by atoms with E-state index in [0.717, 1.165) is 12.1 Å². The molecule has 2 heterocycles. The lowest BCUT2D eigenvalue weighted by atomic mass is 10.1. The maximum Gasteiger partial charge on any atom is 0.416 e. The maximum absolute atomic E-state index is 13.1. The number of benzene rings is 2. The molecule has 156 valence electrons. The molecule has 0 aliphatic rings. The molecule has 0 fully saturated rings. The van der Waals surface area contributed by atoms with E-state index in [9.17, 15) is 13.2 Å². The van der Waals surface area contributed by atoms with Gasteiger partial charge in [0.05, 0.1) is 19.8 Å². The zero-order valence-corrected chi connectivity index (χ0v) is 16.0. The summed E-state index contributed by atoms with van der Waals surface area (Å²) in [5.41, 5.74) is 5.73. The number of nitrogens with zero attached hydrogens (tertiary/aromatic N) is 4. The molecule has 0 amide bonds. The normalized spacial score (nSPS) is 11.8. The fourth-order valence-electron chi connectivity index (χ4n) is 3.20. The highest BCUT2D eigenvalue weighted by molar-refractivity contribution is 6.01. The van der Waals surface area contributed by atoms with Gasteiger partial charge < -0.3 is 20.5 Å². The molecule has 0 saturated carbocycles. The highest BCUT2D eigenvalue weighted by atomic mass is 19.4. The van der Waals surface area contributed by atoms with Gasteiger partial charge in [0.1, 0.15) is 6.33 Å². The summed E-state index contributed by atoms with van der Waals surface area (Å²) in [6.45, 7) is 0.0677. The number of anilines is 2. The van der Waals surface area contributed by atoms with Crippen LogP contribution in [0.3, 0.4) is 0 Å². The third kappa shape index (κ3) is 3.49. The predicted octanol–water partition coefficient (Wildman–Crippen LogP) is 3.51. The number of fused-ring (bicyclic) bond motifs is 3. The fraction of sp³-hybridized carbons (Fsp3) is 0.211. The lowest BCUT2D eigenvalue weighted by Crippen LogP contribution is -2.09. The quantitative estimate of drug-likeness (QED) is 0.479. The number of nitrogens with one attached hydrogen (secondary N) is 1. The van der Waals surface area contributed by atoms with Crippen LogP contribution in [0.5, 0.6) is 11.5 Å². The molecule has 4 rings (SSSR count). The van der Waals surface area contributed by atoms with Crippen LogP contribution in [0.4, 0.5) is 24.7 Å². The SMILES string of the molecule is COc1cc2c(NCc3cc(N)cc(C(F)(F)F)c3)nn3cnnc3c2cc1OC. The summed E-state index contributed by atoms with van der Waals surface area (Å²) in [5, 5.41) is 16.8. The van der Waals surface area contributed by atoms with Crippen LogP contribution in [0.15, 0.2) is 36.7 Å². The van der Waals surface area contributed by atoms with Crippen LogP contribution in [-0.2, 0) is 12.7 Å². The second-order valence-corrected chi connectivity index (χ2v) is 6.52. The number of alkyl halides is 3. The third-order valence-corrected chi connectivity index (χ3v) is 4.56. The topological polar surface area (TPSA) is 99.6 Å². The molecule has 0 aliphatic heterocycles. The standard InChI is InChI=1S/C19H17F3N6O2/c1-29-15-6-13-14(7-16(15)30-2)18-26-25-9-28(18)27-17(13)24-8-10-3-11(19(20,21)22)5-12(23)4-10/h3-7,9H,8,23H2,1-2H3,(H,24,27). The van der Waals surface area contributed by atoms with Gasteiger partial charge in [0.25, 0.3) is 0 Å². The van der Waals surface area contributed by atoms with Gasteiger partial charge in [0.15, 0.2) is 23.0 Å². The van der Waals surface area contributed by atoms with Crippen molar-refractivity contribution in [2.45, 2.75) is 12.7 Å². The molecule has 4 aromatic rings. The Hall–Kier alpha value is -3.76. The van der Waals surface area contributed by atoms with Crippen molar-refractivity contribution in [3.63, 3.8) is 0 Å². The molecule has 0 aliphatic carbocycles. The minimum Gasteiger partial charge on any atom is -0.493 e. The van der Waals surface area contributed by atoms with Crippen LogP contribution in [0.25, 0.3) is 16.4 Å². The van der Waals surface area contributed by atoms with Crippen molar-refractivity contribution in [1.82, 2.24) is 19.8 Å². The minimum atomic E-state index is -4.49. The van der Waals surface area contributed by atoms with E-state index < -0.39 is 11.7 Å². The smallest absolute Gasteiger partial charge is 0.416 e. The van der Waals surface area contributed by atoms with E-state index in [-0.39, 0.29) is 12.2 Å². The highest BCUT2D eigenvalue weighted by Crippen LogP contribution is 2.36. The molecule has 11 heteroatoms. The number of rotatable bonds is 5. The van der Waals surface area contributed by atoms with Crippen LogP contribution in [0.2, 0.25) is 0 Å². The van der Waals surface area contributed by atoms with Gasteiger partial charge in [0.2, 0.25) is 0 Å². The molecule has 3 N–H and O–H groups in total. The molecule has 0 spiro atoms. The zero-order valence-electron chi connectivity index (χ0n) is 16.0. The van der Waals surface area contributed by atoms with E-state index in [1.165, 1.54) is 31.1 Å². The van der Waals surface area contributed by atoms with E-state index in [0.29, 0.717) is 39.3 Å². The Morgan fingerprint density at radius 1 is 1.03 bits per heavy atom. The largest absolute Gasteiger partial charge is 0.493 e. The fourth-order valence-corrected chi connectivity index (χ4v) is 3.20. The van der Waals surface area contributed by atoms with E-state index in [2.05, 4.69) is 20.6 Å². The van der Waals surface area contributed by atoms with Crippen molar-refractivity contribution in [2.24, 2.45) is 0 Å². The zero-order chi connectivity index (χ0) is 21.5. The molecule has 2 aromatic carbocycles. The number of hydrogen-bond donors (Lipinski definition) is 2. The Bertz CT molecular complexity index is 1240. The third-order valence-electron chi connectivity index (χ3n) is 4.56. The first-order valence-corrected chi connectivity index (χ1v) is 8.76. The number of nitrogen functional groups attached to an aromatic ring is 1. The Kier molecular flexibility index (Phi) is 4.72. The Labute approximate surface area is 168 Å². The molecule has 0 radical (unpaired) electrons. The van der Waals surface area contributed by atoms with E-state index in [1.54, 1.807) is 12.1 Å². The summed E-state index contributed by atoms with van der Waals surface area (Å²) in [5.74, 6) is 1.38. The lowest BCUT2D eigenvalue weighted by Gasteiger charge is -2.14. The summed E-state index contributed by atoms with van der Waals surface area (Å²) in [4.78, 5) is 0. The molecule has 30 heavy (non-hydrogen) atoms.